The van der Waals surface area contributed by atoms with Crippen LogP contribution < -0.4 is 15.4 Å². The average Bonchev–Trinajstić information content (AvgIpc) is 2.48. The van der Waals surface area contributed by atoms with Crippen LogP contribution in [0, 0.1) is 0 Å². The monoisotopic (exact) mass is 263 g/mol. The van der Waals surface area contributed by atoms with E-state index in [1.54, 1.807) is 19.2 Å². The van der Waals surface area contributed by atoms with Gasteiger partial charge in [-0.05, 0) is 12.1 Å². The first-order chi connectivity index (χ1) is 9.31. The van der Waals surface area contributed by atoms with E-state index in [-0.39, 0.29) is 5.91 Å². The Morgan fingerprint density at radius 3 is 2.84 bits per heavy atom. The SMILES string of the molecule is COc1ccccc1C(=O)NCCN1CCNCC1. The van der Waals surface area contributed by atoms with Gasteiger partial charge in [0.15, 0.2) is 0 Å². The van der Waals surface area contributed by atoms with Gasteiger partial charge in [0.25, 0.3) is 5.91 Å². The van der Waals surface area contributed by atoms with Crippen LogP contribution >= 0.6 is 0 Å². The molecule has 2 rings (SSSR count). The van der Waals surface area contributed by atoms with E-state index in [1.165, 1.54) is 0 Å². The normalized spacial score (nSPS) is 16.1. The van der Waals surface area contributed by atoms with Gasteiger partial charge in [-0.2, -0.15) is 0 Å². The zero-order valence-corrected chi connectivity index (χ0v) is 11.3. The summed E-state index contributed by atoms with van der Waals surface area (Å²) in [5.41, 5.74) is 0.588. The van der Waals surface area contributed by atoms with E-state index in [9.17, 15) is 4.79 Å². The molecular formula is C14H21N3O2. The number of piperazine rings is 1. The standard InChI is InChI=1S/C14H21N3O2/c1-19-13-5-3-2-4-12(13)14(18)16-8-11-17-9-6-15-7-10-17/h2-5,15H,6-11H2,1H3,(H,16,18). The molecule has 1 amide bonds. The molecule has 19 heavy (non-hydrogen) atoms. The van der Waals surface area contributed by atoms with Gasteiger partial charge in [-0.3, -0.25) is 9.69 Å². The van der Waals surface area contributed by atoms with Gasteiger partial charge in [0, 0.05) is 39.3 Å². The fourth-order valence-corrected chi connectivity index (χ4v) is 2.19. The summed E-state index contributed by atoms with van der Waals surface area (Å²) < 4.78 is 5.18. The highest BCUT2D eigenvalue weighted by atomic mass is 16.5. The quantitative estimate of drug-likeness (QED) is 0.804. The summed E-state index contributed by atoms with van der Waals surface area (Å²) in [6, 6.07) is 7.27. The zero-order chi connectivity index (χ0) is 13.5. The predicted molar refractivity (Wildman–Crippen MR) is 74.6 cm³/mol. The molecule has 5 heteroatoms. The Balaban J connectivity index is 1.80. The lowest BCUT2D eigenvalue weighted by Gasteiger charge is -2.27. The molecule has 0 bridgehead atoms. The maximum absolute atomic E-state index is 12.0. The van der Waals surface area contributed by atoms with Crippen molar-refractivity contribution < 1.29 is 9.53 Å². The molecule has 1 aliphatic heterocycles. The first-order valence-electron chi connectivity index (χ1n) is 6.65. The molecule has 1 heterocycles. The molecule has 0 saturated carbocycles. The van der Waals surface area contributed by atoms with Crippen molar-refractivity contribution in [1.29, 1.82) is 0 Å². The molecule has 0 unspecified atom stereocenters. The van der Waals surface area contributed by atoms with Crippen LogP contribution in [0.15, 0.2) is 24.3 Å². The number of carbonyl (C=O) groups excluding carboxylic acids is 1. The van der Waals surface area contributed by atoms with Crippen molar-refractivity contribution in [2.45, 2.75) is 0 Å². The van der Waals surface area contributed by atoms with Gasteiger partial charge in [0.2, 0.25) is 0 Å². The van der Waals surface area contributed by atoms with Crippen LogP contribution in [-0.4, -0.2) is 57.2 Å². The van der Waals surface area contributed by atoms with Crippen LogP contribution in [0.1, 0.15) is 10.4 Å². The summed E-state index contributed by atoms with van der Waals surface area (Å²) in [5.74, 6) is 0.537. The van der Waals surface area contributed by atoms with E-state index in [0.29, 0.717) is 17.9 Å². The topological polar surface area (TPSA) is 53.6 Å². The summed E-state index contributed by atoms with van der Waals surface area (Å²) in [4.78, 5) is 14.4. The Hall–Kier alpha value is -1.59. The number of benzene rings is 1. The summed E-state index contributed by atoms with van der Waals surface area (Å²) in [7, 11) is 1.58. The highest BCUT2D eigenvalue weighted by Gasteiger charge is 2.12. The number of amides is 1. The number of nitrogens with one attached hydrogen (secondary N) is 2. The molecule has 1 aliphatic rings. The van der Waals surface area contributed by atoms with Crippen molar-refractivity contribution in [3.63, 3.8) is 0 Å². The third-order valence-electron chi connectivity index (χ3n) is 3.27. The molecular weight excluding hydrogens is 242 g/mol. The van der Waals surface area contributed by atoms with Crippen LogP contribution in [0.4, 0.5) is 0 Å². The molecule has 0 aromatic heterocycles. The van der Waals surface area contributed by atoms with Crippen molar-refractivity contribution >= 4 is 5.91 Å². The Morgan fingerprint density at radius 1 is 1.37 bits per heavy atom. The number of para-hydroxylation sites is 1. The maximum Gasteiger partial charge on any atom is 0.255 e. The molecule has 1 saturated heterocycles. The second-order valence-electron chi connectivity index (χ2n) is 4.55. The summed E-state index contributed by atoms with van der Waals surface area (Å²) in [5, 5.41) is 6.25. The van der Waals surface area contributed by atoms with Crippen LogP contribution in [-0.2, 0) is 0 Å². The Kier molecular flexibility index (Phi) is 5.18. The highest BCUT2D eigenvalue weighted by molar-refractivity contribution is 5.96. The molecule has 0 spiro atoms. The number of ether oxygens (including phenoxy) is 1. The summed E-state index contributed by atoms with van der Waals surface area (Å²) in [6.07, 6.45) is 0. The van der Waals surface area contributed by atoms with Crippen LogP contribution in [0.2, 0.25) is 0 Å². The van der Waals surface area contributed by atoms with E-state index in [1.807, 2.05) is 12.1 Å². The lowest BCUT2D eigenvalue weighted by Crippen LogP contribution is -2.46. The minimum absolute atomic E-state index is 0.0763. The molecule has 2 N–H and O–H groups in total. The van der Waals surface area contributed by atoms with Crippen molar-refractivity contribution in [1.82, 2.24) is 15.5 Å². The Morgan fingerprint density at radius 2 is 2.11 bits per heavy atom. The van der Waals surface area contributed by atoms with Crippen LogP contribution in [0.3, 0.4) is 0 Å². The third-order valence-corrected chi connectivity index (χ3v) is 3.27. The fourth-order valence-electron chi connectivity index (χ4n) is 2.19. The maximum atomic E-state index is 12.0. The van der Waals surface area contributed by atoms with Crippen molar-refractivity contribution in [3.8, 4) is 5.75 Å². The van der Waals surface area contributed by atoms with E-state index in [4.69, 9.17) is 4.74 Å². The van der Waals surface area contributed by atoms with Crippen molar-refractivity contribution in [3.05, 3.63) is 29.8 Å². The Bertz CT molecular complexity index is 417. The van der Waals surface area contributed by atoms with Gasteiger partial charge in [0.05, 0.1) is 12.7 Å². The van der Waals surface area contributed by atoms with Crippen LogP contribution in [0.25, 0.3) is 0 Å². The lowest BCUT2D eigenvalue weighted by molar-refractivity contribution is 0.0944. The zero-order valence-electron chi connectivity index (χ0n) is 11.3. The molecule has 0 atom stereocenters. The van der Waals surface area contributed by atoms with Crippen molar-refractivity contribution in [2.24, 2.45) is 0 Å². The molecule has 1 aromatic rings. The predicted octanol–water partition coefficient (Wildman–Crippen LogP) is 0.330. The largest absolute Gasteiger partial charge is 0.496 e. The average molecular weight is 263 g/mol. The number of hydrogen-bond donors (Lipinski definition) is 2. The molecule has 1 fully saturated rings. The molecule has 0 aliphatic carbocycles. The molecule has 0 radical (unpaired) electrons. The third kappa shape index (κ3) is 3.94. The smallest absolute Gasteiger partial charge is 0.255 e. The molecule has 1 aromatic carbocycles. The van der Waals surface area contributed by atoms with Crippen LogP contribution in [0.5, 0.6) is 5.75 Å². The second-order valence-corrected chi connectivity index (χ2v) is 4.55. The number of methoxy groups -OCH3 is 1. The van der Waals surface area contributed by atoms with Gasteiger partial charge >= 0.3 is 0 Å². The number of nitrogens with zero attached hydrogens (tertiary/aromatic N) is 1. The number of carbonyl (C=O) groups is 1. The minimum atomic E-state index is -0.0763. The fraction of sp³-hybridized carbons (Fsp3) is 0.500. The first-order valence-corrected chi connectivity index (χ1v) is 6.65. The van der Waals surface area contributed by atoms with E-state index >= 15 is 0 Å². The Labute approximate surface area is 113 Å². The summed E-state index contributed by atoms with van der Waals surface area (Å²) in [6.45, 7) is 5.70. The first kappa shape index (κ1) is 13.8. The lowest BCUT2D eigenvalue weighted by atomic mass is 10.2. The van der Waals surface area contributed by atoms with Gasteiger partial charge in [-0.25, -0.2) is 0 Å². The van der Waals surface area contributed by atoms with Gasteiger partial charge in [0.1, 0.15) is 5.75 Å². The number of rotatable bonds is 5. The van der Waals surface area contributed by atoms with Gasteiger partial charge < -0.3 is 15.4 Å². The van der Waals surface area contributed by atoms with Crippen molar-refractivity contribution in [2.75, 3.05) is 46.4 Å². The second kappa shape index (κ2) is 7.11. The highest BCUT2D eigenvalue weighted by Crippen LogP contribution is 2.16. The summed E-state index contributed by atoms with van der Waals surface area (Å²) >= 11 is 0. The van der Waals surface area contributed by atoms with Gasteiger partial charge in [-0.15, -0.1) is 0 Å². The minimum Gasteiger partial charge on any atom is -0.496 e. The van der Waals surface area contributed by atoms with E-state index in [2.05, 4.69) is 15.5 Å². The number of hydrogen-bond acceptors (Lipinski definition) is 4. The van der Waals surface area contributed by atoms with E-state index in [0.717, 1.165) is 32.7 Å². The van der Waals surface area contributed by atoms with E-state index < -0.39 is 0 Å². The molecule has 5 nitrogen and oxygen atoms in total. The molecule has 104 valence electrons. The van der Waals surface area contributed by atoms with Gasteiger partial charge in [-0.1, -0.05) is 12.1 Å².